The highest BCUT2D eigenvalue weighted by molar-refractivity contribution is 7.25. The first-order chi connectivity index (χ1) is 25.7. The fraction of sp³-hybridized carbons (Fsp3) is 0. The van der Waals surface area contributed by atoms with Gasteiger partial charge in [0.2, 0.25) is 5.89 Å². The molecule has 0 bridgehead atoms. The van der Waals surface area contributed by atoms with Gasteiger partial charge in [-0.2, -0.15) is 0 Å². The van der Waals surface area contributed by atoms with E-state index in [1.54, 1.807) is 0 Å². The van der Waals surface area contributed by atoms with E-state index in [1.807, 2.05) is 53.8 Å². The summed E-state index contributed by atoms with van der Waals surface area (Å²) in [5, 5.41) is 6.95. The van der Waals surface area contributed by atoms with E-state index in [1.165, 1.54) is 42.1 Å². The first-order valence-electron chi connectivity index (χ1n) is 17.4. The van der Waals surface area contributed by atoms with Gasteiger partial charge in [-0.1, -0.05) is 97.1 Å². The molecule has 11 aromatic rings. The quantitative estimate of drug-likeness (QED) is 0.181. The molecule has 0 unspecified atom stereocenters. The summed E-state index contributed by atoms with van der Waals surface area (Å²) in [6, 6.07) is 59.9. The predicted octanol–water partition coefficient (Wildman–Crippen LogP) is 14.1. The zero-order valence-electron chi connectivity index (χ0n) is 27.8. The topological polar surface area (TPSA) is 42.4 Å². The van der Waals surface area contributed by atoms with Gasteiger partial charge < -0.3 is 13.7 Å². The highest BCUT2D eigenvalue weighted by atomic mass is 32.1. The second-order valence-electron chi connectivity index (χ2n) is 13.1. The summed E-state index contributed by atoms with van der Waals surface area (Å²) >= 11 is 1.83. The fourth-order valence-electron chi connectivity index (χ4n) is 7.65. The Labute approximate surface area is 302 Å². The number of thiophene rings is 1. The number of hydrogen-bond acceptors (Lipinski definition) is 5. The maximum absolute atomic E-state index is 6.48. The molecular formula is C47H28N2O2S. The van der Waals surface area contributed by atoms with Gasteiger partial charge in [-0.15, -0.1) is 11.3 Å². The smallest absolute Gasteiger partial charge is 0.227 e. The first kappa shape index (κ1) is 29.1. The number of aromatic nitrogens is 1. The molecule has 0 saturated heterocycles. The third-order valence-electron chi connectivity index (χ3n) is 10.1. The van der Waals surface area contributed by atoms with E-state index >= 15 is 0 Å². The molecule has 11 rings (SSSR count). The number of furan rings is 1. The summed E-state index contributed by atoms with van der Waals surface area (Å²) in [4.78, 5) is 7.19. The summed E-state index contributed by atoms with van der Waals surface area (Å²) in [5.41, 5.74) is 9.61. The van der Waals surface area contributed by atoms with Crippen LogP contribution in [0.15, 0.2) is 179 Å². The molecule has 0 atom stereocenters. The Morgan fingerprint density at radius 3 is 2.08 bits per heavy atom. The van der Waals surface area contributed by atoms with Crippen molar-refractivity contribution in [2.24, 2.45) is 0 Å². The van der Waals surface area contributed by atoms with E-state index in [-0.39, 0.29) is 0 Å². The molecule has 8 aromatic carbocycles. The third-order valence-corrected chi connectivity index (χ3v) is 11.2. The Balaban J connectivity index is 1.10. The second kappa shape index (κ2) is 11.4. The van der Waals surface area contributed by atoms with E-state index < -0.39 is 0 Å². The molecule has 244 valence electrons. The Hall–Kier alpha value is -6.69. The molecular weight excluding hydrogens is 657 g/mol. The maximum atomic E-state index is 6.48. The van der Waals surface area contributed by atoms with E-state index in [0.29, 0.717) is 5.89 Å². The molecule has 0 saturated carbocycles. The monoisotopic (exact) mass is 684 g/mol. The molecule has 0 fully saturated rings. The zero-order chi connectivity index (χ0) is 34.2. The fourth-order valence-corrected chi connectivity index (χ4v) is 8.79. The second-order valence-corrected chi connectivity index (χ2v) is 14.2. The Kier molecular flexibility index (Phi) is 6.39. The van der Waals surface area contributed by atoms with Crippen LogP contribution in [0.2, 0.25) is 0 Å². The Morgan fingerprint density at radius 1 is 0.462 bits per heavy atom. The van der Waals surface area contributed by atoms with Crippen molar-refractivity contribution in [3.63, 3.8) is 0 Å². The molecule has 0 spiro atoms. The third kappa shape index (κ3) is 4.57. The number of rotatable bonds is 5. The van der Waals surface area contributed by atoms with Crippen molar-refractivity contribution < 1.29 is 8.83 Å². The first-order valence-corrected chi connectivity index (χ1v) is 18.2. The molecule has 5 heteroatoms. The minimum atomic E-state index is 0.596. The molecule has 3 heterocycles. The number of fused-ring (bicyclic) bond motifs is 9. The van der Waals surface area contributed by atoms with Gasteiger partial charge in [0.05, 0.1) is 5.39 Å². The molecule has 0 aliphatic heterocycles. The van der Waals surface area contributed by atoms with Gasteiger partial charge in [0.25, 0.3) is 0 Å². The normalized spacial score (nSPS) is 11.8. The van der Waals surface area contributed by atoms with Crippen LogP contribution >= 0.6 is 11.3 Å². The zero-order valence-corrected chi connectivity index (χ0v) is 28.6. The maximum Gasteiger partial charge on any atom is 0.227 e. The average Bonchev–Trinajstić information content (AvgIpc) is 3.91. The van der Waals surface area contributed by atoms with Gasteiger partial charge in [-0.05, 0) is 94.7 Å². The van der Waals surface area contributed by atoms with Gasteiger partial charge in [-0.25, -0.2) is 4.98 Å². The minimum Gasteiger partial charge on any atom is -0.456 e. The highest BCUT2D eigenvalue weighted by Crippen LogP contribution is 2.44. The molecule has 52 heavy (non-hydrogen) atoms. The van der Waals surface area contributed by atoms with Gasteiger partial charge in [0.15, 0.2) is 5.58 Å². The van der Waals surface area contributed by atoms with Crippen LogP contribution in [0.1, 0.15) is 0 Å². The van der Waals surface area contributed by atoms with Crippen LogP contribution in [0, 0.1) is 0 Å². The average molecular weight is 685 g/mol. The minimum absolute atomic E-state index is 0.596. The lowest BCUT2D eigenvalue weighted by atomic mass is 9.98. The number of benzene rings is 8. The van der Waals surface area contributed by atoms with E-state index in [9.17, 15) is 0 Å². The van der Waals surface area contributed by atoms with Crippen molar-refractivity contribution in [3.05, 3.63) is 170 Å². The van der Waals surface area contributed by atoms with Gasteiger partial charge >= 0.3 is 0 Å². The van der Waals surface area contributed by atoms with Crippen LogP contribution in [0.5, 0.6) is 0 Å². The van der Waals surface area contributed by atoms with Gasteiger partial charge in [0, 0.05) is 48.2 Å². The molecule has 0 amide bonds. The SMILES string of the molecule is c1ccc(-c2nc3ccc4oc5ccc(N(c6ccc(-c7cccc8ccccc78)cc6)c6ccc7c(c6)sc6ccccc67)cc5c4c3o2)cc1. The molecule has 0 aliphatic rings. The summed E-state index contributed by atoms with van der Waals surface area (Å²) in [6.45, 7) is 0. The van der Waals surface area contributed by atoms with Crippen molar-refractivity contribution in [2.75, 3.05) is 4.90 Å². The standard InChI is InChI=1S/C47H28N2O2S/c1-2-10-31(11-3-1)47-48-40-24-26-42-45(46(40)51-47)39-27-33(22-25-41(39)50-42)49(34-21-23-38-37-14-6-7-16-43(37)52-44(38)28-34)32-19-17-30(18-20-32)36-15-8-12-29-9-4-5-13-35(29)36/h1-28H. The lowest BCUT2D eigenvalue weighted by Gasteiger charge is -2.26. The van der Waals surface area contributed by atoms with Gasteiger partial charge in [0.1, 0.15) is 16.7 Å². The number of hydrogen-bond donors (Lipinski definition) is 0. The van der Waals surface area contributed by atoms with E-state index in [0.717, 1.165) is 55.7 Å². The number of anilines is 3. The van der Waals surface area contributed by atoms with Crippen LogP contribution in [-0.2, 0) is 0 Å². The predicted molar refractivity (Wildman–Crippen MR) is 217 cm³/mol. The Morgan fingerprint density at radius 2 is 1.17 bits per heavy atom. The van der Waals surface area contributed by atoms with E-state index in [4.69, 9.17) is 13.8 Å². The van der Waals surface area contributed by atoms with Crippen LogP contribution in [0.25, 0.3) is 86.6 Å². The van der Waals surface area contributed by atoms with E-state index in [2.05, 4.69) is 132 Å². The van der Waals surface area contributed by atoms with Crippen molar-refractivity contribution in [1.82, 2.24) is 4.98 Å². The highest BCUT2D eigenvalue weighted by Gasteiger charge is 2.20. The van der Waals surface area contributed by atoms with Crippen LogP contribution in [0.3, 0.4) is 0 Å². The number of oxazole rings is 1. The lowest BCUT2D eigenvalue weighted by Crippen LogP contribution is -2.09. The number of nitrogens with zero attached hydrogens (tertiary/aromatic N) is 2. The van der Waals surface area contributed by atoms with Gasteiger partial charge in [-0.3, -0.25) is 0 Å². The van der Waals surface area contributed by atoms with Crippen LogP contribution in [-0.4, -0.2) is 4.98 Å². The molecule has 0 radical (unpaired) electrons. The Bertz CT molecular complexity index is 3130. The summed E-state index contributed by atoms with van der Waals surface area (Å²) in [7, 11) is 0. The van der Waals surface area contributed by atoms with Crippen molar-refractivity contribution in [3.8, 4) is 22.6 Å². The molecule has 0 N–H and O–H groups in total. The van der Waals surface area contributed by atoms with Crippen molar-refractivity contribution in [1.29, 1.82) is 0 Å². The lowest BCUT2D eigenvalue weighted by molar-refractivity contribution is 0.622. The summed E-state index contributed by atoms with van der Waals surface area (Å²) in [5.74, 6) is 0.596. The van der Waals surface area contributed by atoms with Crippen molar-refractivity contribution in [2.45, 2.75) is 0 Å². The van der Waals surface area contributed by atoms with Crippen LogP contribution in [0.4, 0.5) is 17.1 Å². The molecule has 3 aromatic heterocycles. The molecule has 4 nitrogen and oxygen atoms in total. The molecule has 0 aliphatic carbocycles. The summed E-state index contributed by atoms with van der Waals surface area (Å²) in [6.07, 6.45) is 0. The van der Waals surface area contributed by atoms with Crippen LogP contribution < -0.4 is 4.90 Å². The summed E-state index contributed by atoms with van der Waals surface area (Å²) < 4.78 is 15.4. The largest absolute Gasteiger partial charge is 0.456 e. The van der Waals surface area contributed by atoms with Crippen molar-refractivity contribution >= 4 is 92.4 Å².